The van der Waals surface area contributed by atoms with E-state index in [1.807, 2.05) is 0 Å². The summed E-state index contributed by atoms with van der Waals surface area (Å²) < 4.78 is 12.7. The number of aliphatic hydroxyl groups is 1. The van der Waals surface area contributed by atoms with Gasteiger partial charge < -0.3 is 10.4 Å². The minimum Gasteiger partial charge on any atom is -0.392 e. The van der Waals surface area contributed by atoms with Crippen LogP contribution in [-0.2, 0) is 6.54 Å². The molecular weight excluding hydrogens is 205 g/mol. The molecule has 2 atom stereocenters. The summed E-state index contributed by atoms with van der Waals surface area (Å²) in [6.07, 6.45) is 3.99. The Labute approximate surface area is 95.5 Å². The highest BCUT2D eigenvalue weighted by Crippen LogP contribution is 2.18. The largest absolute Gasteiger partial charge is 0.392 e. The maximum Gasteiger partial charge on any atom is 0.123 e. The topological polar surface area (TPSA) is 32.3 Å². The Kier molecular flexibility index (Phi) is 3.91. The van der Waals surface area contributed by atoms with Gasteiger partial charge in [-0.2, -0.15) is 0 Å². The Hall–Kier alpha value is -0.930. The van der Waals surface area contributed by atoms with E-state index in [1.54, 1.807) is 12.1 Å². The highest BCUT2D eigenvalue weighted by Gasteiger charge is 2.21. The van der Waals surface area contributed by atoms with Gasteiger partial charge in [0.05, 0.1) is 6.10 Å². The van der Waals surface area contributed by atoms with Gasteiger partial charge in [-0.05, 0) is 30.5 Å². The number of benzene rings is 1. The molecule has 1 saturated carbocycles. The van der Waals surface area contributed by atoms with Crippen molar-refractivity contribution in [3.05, 3.63) is 35.6 Å². The first-order valence-electron chi connectivity index (χ1n) is 5.91. The second-order valence-electron chi connectivity index (χ2n) is 4.47. The van der Waals surface area contributed by atoms with E-state index in [4.69, 9.17) is 0 Å². The predicted octanol–water partition coefficient (Wildman–Crippen LogP) is 2.22. The molecule has 3 heteroatoms. The molecule has 0 amide bonds. The van der Waals surface area contributed by atoms with Crippen molar-refractivity contribution in [2.24, 2.45) is 0 Å². The average molecular weight is 223 g/mol. The number of rotatable bonds is 3. The number of hydrogen-bond donors (Lipinski definition) is 2. The van der Waals surface area contributed by atoms with Gasteiger partial charge in [0.15, 0.2) is 0 Å². The van der Waals surface area contributed by atoms with E-state index in [-0.39, 0.29) is 18.0 Å². The van der Waals surface area contributed by atoms with Crippen LogP contribution in [0.5, 0.6) is 0 Å². The van der Waals surface area contributed by atoms with Gasteiger partial charge in [-0.1, -0.05) is 25.0 Å². The highest BCUT2D eigenvalue weighted by molar-refractivity contribution is 5.15. The average Bonchev–Trinajstić information content (AvgIpc) is 2.30. The van der Waals surface area contributed by atoms with Crippen LogP contribution in [0.4, 0.5) is 4.39 Å². The second kappa shape index (κ2) is 5.41. The van der Waals surface area contributed by atoms with Crippen molar-refractivity contribution >= 4 is 0 Å². The van der Waals surface area contributed by atoms with Gasteiger partial charge in [-0.3, -0.25) is 0 Å². The van der Waals surface area contributed by atoms with Crippen LogP contribution < -0.4 is 5.32 Å². The molecule has 0 spiro atoms. The molecule has 16 heavy (non-hydrogen) atoms. The number of hydrogen-bond acceptors (Lipinski definition) is 2. The summed E-state index contributed by atoms with van der Waals surface area (Å²) in [5, 5.41) is 13.1. The SMILES string of the molecule is O[C@@H]1CCCC[C@H]1NCc1ccc(F)cc1. The van der Waals surface area contributed by atoms with Gasteiger partial charge >= 0.3 is 0 Å². The van der Waals surface area contributed by atoms with Crippen LogP contribution in [0.15, 0.2) is 24.3 Å². The zero-order valence-corrected chi connectivity index (χ0v) is 9.32. The Balaban J connectivity index is 1.84. The third-order valence-electron chi connectivity index (χ3n) is 3.21. The number of nitrogens with one attached hydrogen (secondary N) is 1. The van der Waals surface area contributed by atoms with Gasteiger partial charge in [0.25, 0.3) is 0 Å². The van der Waals surface area contributed by atoms with Crippen molar-refractivity contribution < 1.29 is 9.50 Å². The Morgan fingerprint density at radius 3 is 2.56 bits per heavy atom. The maximum absolute atomic E-state index is 12.7. The summed E-state index contributed by atoms with van der Waals surface area (Å²) in [6.45, 7) is 0.696. The molecule has 0 heterocycles. The molecular formula is C13H18FNO. The molecule has 1 aliphatic rings. The number of aliphatic hydroxyl groups excluding tert-OH is 1. The molecule has 1 aliphatic carbocycles. The molecule has 1 fully saturated rings. The third kappa shape index (κ3) is 3.03. The van der Waals surface area contributed by atoms with Crippen molar-refractivity contribution in [1.29, 1.82) is 0 Å². The van der Waals surface area contributed by atoms with Crippen LogP contribution in [0.25, 0.3) is 0 Å². The first-order chi connectivity index (χ1) is 7.75. The molecule has 0 unspecified atom stereocenters. The van der Waals surface area contributed by atoms with Gasteiger partial charge in [0.2, 0.25) is 0 Å². The van der Waals surface area contributed by atoms with Crippen LogP contribution in [0.1, 0.15) is 31.2 Å². The van der Waals surface area contributed by atoms with E-state index < -0.39 is 0 Å². The molecule has 0 aromatic heterocycles. The van der Waals surface area contributed by atoms with Gasteiger partial charge in [-0.25, -0.2) is 4.39 Å². The van der Waals surface area contributed by atoms with Crippen LogP contribution in [0, 0.1) is 5.82 Å². The Morgan fingerprint density at radius 1 is 1.19 bits per heavy atom. The zero-order chi connectivity index (χ0) is 11.4. The summed E-state index contributed by atoms with van der Waals surface area (Å²) in [5.41, 5.74) is 1.05. The lowest BCUT2D eigenvalue weighted by Gasteiger charge is -2.28. The molecule has 2 rings (SSSR count). The summed E-state index contributed by atoms with van der Waals surface area (Å²) in [6, 6.07) is 6.68. The van der Waals surface area contributed by atoms with Crippen molar-refractivity contribution in [2.75, 3.05) is 0 Å². The van der Waals surface area contributed by atoms with Crippen LogP contribution in [0.3, 0.4) is 0 Å². The fourth-order valence-corrected chi connectivity index (χ4v) is 2.20. The monoisotopic (exact) mass is 223 g/mol. The molecule has 1 aromatic rings. The minimum absolute atomic E-state index is 0.193. The molecule has 88 valence electrons. The van der Waals surface area contributed by atoms with E-state index in [0.29, 0.717) is 6.54 Å². The van der Waals surface area contributed by atoms with Crippen molar-refractivity contribution in [2.45, 2.75) is 44.4 Å². The van der Waals surface area contributed by atoms with E-state index in [2.05, 4.69) is 5.32 Å². The predicted molar refractivity (Wildman–Crippen MR) is 61.5 cm³/mol. The van der Waals surface area contributed by atoms with Gasteiger partial charge in [-0.15, -0.1) is 0 Å². The van der Waals surface area contributed by atoms with E-state index in [9.17, 15) is 9.50 Å². The van der Waals surface area contributed by atoms with E-state index >= 15 is 0 Å². The smallest absolute Gasteiger partial charge is 0.123 e. The fraction of sp³-hybridized carbons (Fsp3) is 0.538. The van der Waals surface area contributed by atoms with Gasteiger partial charge in [0, 0.05) is 12.6 Å². The summed E-state index contributed by atoms with van der Waals surface area (Å²) in [7, 11) is 0. The van der Waals surface area contributed by atoms with Crippen molar-refractivity contribution in [3.63, 3.8) is 0 Å². The van der Waals surface area contributed by atoms with Crippen molar-refractivity contribution in [3.8, 4) is 0 Å². The highest BCUT2D eigenvalue weighted by atomic mass is 19.1. The first-order valence-corrected chi connectivity index (χ1v) is 5.91. The third-order valence-corrected chi connectivity index (χ3v) is 3.21. The van der Waals surface area contributed by atoms with Crippen LogP contribution in [0.2, 0.25) is 0 Å². The lowest BCUT2D eigenvalue weighted by molar-refractivity contribution is 0.0902. The second-order valence-corrected chi connectivity index (χ2v) is 4.47. The molecule has 2 N–H and O–H groups in total. The normalized spacial score (nSPS) is 25.6. The molecule has 0 saturated heterocycles. The first kappa shape index (κ1) is 11.6. The van der Waals surface area contributed by atoms with Crippen LogP contribution >= 0.6 is 0 Å². The summed E-state index contributed by atoms with van der Waals surface area (Å²) in [5.74, 6) is -0.207. The van der Waals surface area contributed by atoms with E-state index in [1.165, 1.54) is 18.6 Å². The van der Waals surface area contributed by atoms with E-state index in [0.717, 1.165) is 24.8 Å². The van der Waals surface area contributed by atoms with Crippen LogP contribution in [-0.4, -0.2) is 17.3 Å². The fourth-order valence-electron chi connectivity index (χ4n) is 2.20. The lowest BCUT2D eigenvalue weighted by Crippen LogP contribution is -2.41. The Bertz CT molecular complexity index is 325. The quantitative estimate of drug-likeness (QED) is 0.823. The summed E-state index contributed by atoms with van der Waals surface area (Å²) >= 11 is 0. The molecule has 2 nitrogen and oxygen atoms in total. The van der Waals surface area contributed by atoms with Gasteiger partial charge in [0.1, 0.15) is 5.82 Å². The molecule has 0 bridgehead atoms. The Morgan fingerprint density at radius 2 is 1.88 bits per heavy atom. The molecule has 1 aromatic carbocycles. The maximum atomic E-state index is 12.7. The summed E-state index contributed by atoms with van der Waals surface area (Å²) in [4.78, 5) is 0. The minimum atomic E-state index is -0.228. The molecule has 0 aliphatic heterocycles. The van der Waals surface area contributed by atoms with Crippen molar-refractivity contribution in [1.82, 2.24) is 5.32 Å². The number of halogens is 1. The molecule has 0 radical (unpaired) electrons. The zero-order valence-electron chi connectivity index (χ0n) is 9.32. The lowest BCUT2D eigenvalue weighted by atomic mass is 9.92. The standard InChI is InChI=1S/C13H18FNO/c14-11-7-5-10(6-8-11)9-15-12-3-1-2-4-13(12)16/h5-8,12-13,15-16H,1-4,9H2/t12-,13-/m1/s1.